The van der Waals surface area contributed by atoms with E-state index in [9.17, 15) is 4.79 Å². The second-order valence-corrected chi connectivity index (χ2v) is 7.12. The van der Waals surface area contributed by atoms with Gasteiger partial charge in [-0.15, -0.1) is 24.8 Å². The molecule has 0 radical (unpaired) electrons. The number of carbonyl (C=O) groups is 1. The van der Waals surface area contributed by atoms with Gasteiger partial charge < -0.3 is 10.2 Å². The minimum Gasteiger partial charge on any atom is -0.351 e. The smallest absolute Gasteiger partial charge is 0.254 e. The Kier molecular flexibility index (Phi) is 9.73. The van der Waals surface area contributed by atoms with Crippen LogP contribution in [0, 0.1) is 3.57 Å². The molecule has 7 heteroatoms. The molecule has 0 spiro atoms. The number of benzene rings is 2. The van der Waals surface area contributed by atoms with E-state index in [1.807, 2.05) is 36.4 Å². The van der Waals surface area contributed by atoms with Crippen LogP contribution in [0.5, 0.6) is 0 Å². The Bertz CT molecular complexity index is 916. The first kappa shape index (κ1) is 23.9. The molecular weight excluding hydrogens is 496 g/mol. The highest BCUT2D eigenvalue weighted by Crippen LogP contribution is 2.26. The van der Waals surface area contributed by atoms with Crippen molar-refractivity contribution in [2.75, 3.05) is 26.2 Å². The van der Waals surface area contributed by atoms with Crippen LogP contribution in [-0.2, 0) is 0 Å². The first-order valence-corrected chi connectivity index (χ1v) is 9.70. The Morgan fingerprint density at radius 1 is 1.07 bits per heavy atom. The fourth-order valence-corrected chi connectivity index (χ4v) is 3.67. The molecule has 146 valence electrons. The lowest BCUT2D eigenvalue weighted by Crippen LogP contribution is -2.35. The van der Waals surface area contributed by atoms with Gasteiger partial charge in [-0.25, -0.2) is 4.98 Å². The van der Waals surface area contributed by atoms with Crippen LogP contribution in [0.25, 0.3) is 21.8 Å². The number of rotatable bonds is 6. The van der Waals surface area contributed by atoms with Crippen LogP contribution in [0.3, 0.4) is 0 Å². The summed E-state index contributed by atoms with van der Waals surface area (Å²) in [5, 5.41) is 5.13. The van der Waals surface area contributed by atoms with Gasteiger partial charge in [0.1, 0.15) is 0 Å². The number of likely N-dealkylation sites (N-methyl/N-ethyl adjacent to an activating group) is 1. The van der Waals surface area contributed by atoms with Crippen LogP contribution >= 0.6 is 47.4 Å². The first-order chi connectivity index (χ1) is 12.1. The monoisotopic (exact) mass is 519 g/mol. The zero-order chi connectivity index (χ0) is 17.8. The summed E-state index contributed by atoms with van der Waals surface area (Å²) < 4.78 is 0.924. The summed E-state index contributed by atoms with van der Waals surface area (Å²) in [7, 11) is 0. The van der Waals surface area contributed by atoms with Gasteiger partial charge in [-0.1, -0.05) is 38.1 Å². The molecule has 27 heavy (non-hydrogen) atoms. The zero-order valence-corrected chi connectivity index (χ0v) is 19.2. The lowest BCUT2D eigenvalue weighted by molar-refractivity contribution is 0.0949. The van der Waals surface area contributed by atoms with Crippen LogP contribution in [0.1, 0.15) is 24.2 Å². The predicted octanol–water partition coefficient (Wildman–Crippen LogP) is 4.91. The molecule has 1 N–H and O–H groups in total. The van der Waals surface area contributed by atoms with Crippen LogP contribution in [-0.4, -0.2) is 42.0 Å². The highest BCUT2D eigenvalue weighted by atomic mass is 127. The Morgan fingerprint density at radius 2 is 1.78 bits per heavy atom. The van der Waals surface area contributed by atoms with Gasteiger partial charge >= 0.3 is 0 Å². The molecule has 0 fully saturated rings. The Hall–Kier alpha value is -1.15. The number of hydrogen-bond donors (Lipinski definition) is 1. The Labute approximate surface area is 186 Å². The SMILES string of the molecule is CCN(CC)CCNC(=O)c1c(I)ccc2cc3ccccc3nc12.Cl.Cl. The van der Waals surface area contributed by atoms with E-state index in [1.54, 1.807) is 0 Å². The normalized spacial score (nSPS) is 10.5. The van der Waals surface area contributed by atoms with Crippen LogP contribution in [0.15, 0.2) is 42.5 Å². The molecule has 0 unspecified atom stereocenters. The first-order valence-electron chi connectivity index (χ1n) is 8.62. The van der Waals surface area contributed by atoms with Crippen molar-refractivity contribution >= 4 is 75.1 Å². The summed E-state index contributed by atoms with van der Waals surface area (Å²) in [5.41, 5.74) is 2.35. The molecule has 4 nitrogen and oxygen atoms in total. The van der Waals surface area contributed by atoms with E-state index >= 15 is 0 Å². The molecule has 0 bridgehead atoms. The summed E-state index contributed by atoms with van der Waals surface area (Å²) in [6.07, 6.45) is 0. The van der Waals surface area contributed by atoms with E-state index in [2.05, 4.69) is 52.7 Å². The number of carbonyl (C=O) groups excluding carboxylic acids is 1. The average molecular weight is 520 g/mol. The molecule has 0 saturated carbocycles. The topological polar surface area (TPSA) is 45.2 Å². The van der Waals surface area contributed by atoms with Crippen LogP contribution in [0.4, 0.5) is 0 Å². The van der Waals surface area contributed by atoms with E-state index in [4.69, 9.17) is 4.98 Å². The number of aromatic nitrogens is 1. The highest BCUT2D eigenvalue weighted by molar-refractivity contribution is 14.1. The van der Waals surface area contributed by atoms with Gasteiger partial charge in [0.2, 0.25) is 0 Å². The number of nitrogens with one attached hydrogen (secondary N) is 1. The van der Waals surface area contributed by atoms with E-state index in [1.165, 1.54) is 0 Å². The summed E-state index contributed by atoms with van der Waals surface area (Å²) in [4.78, 5) is 19.9. The minimum atomic E-state index is -0.0510. The van der Waals surface area contributed by atoms with Crippen molar-refractivity contribution in [2.24, 2.45) is 0 Å². The summed E-state index contributed by atoms with van der Waals surface area (Å²) in [5.74, 6) is -0.0510. The zero-order valence-electron chi connectivity index (χ0n) is 15.4. The number of fused-ring (bicyclic) bond motifs is 2. The summed E-state index contributed by atoms with van der Waals surface area (Å²) in [6.45, 7) is 7.75. The summed E-state index contributed by atoms with van der Waals surface area (Å²) in [6, 6.07) is 14.1. The molecular formula is C20H24Cl2IN3O. The largest absolute Gasteiger partial charge is 0.351 e. The number of nitrogens with zero attached hydrogens (tertiary/aromatic N) is 2. The molecule has 0 saturated heterocycles. The number of pyridine rings is 1. The quantitative estimate of drug-likeness (QED) is 0.372. The van der Waals surface area contributed by atoms with E-state index in [0.29, 0.717) is 12.1 Å². The fraction of sp³-hybridized carbons (Fsp3) is 0.300. The average Bonchev–Trinajstić information content (AvgIpc) is 2.63. The van der Waals surface area contributed by atoms with Crippen molar-refractivity contribution in [1.29, 1.82) is 0 Å². The lowest BCUT2D eigenvalue weighted by atomic mass is 10.1. The third-order valence-electron chi connectivity index (χ3n) is 4.47. The van der Waals surface area contributed by atoms with Crippen molar-refractivity contribution < 1.29 is 4.79 Å². The predicted molar refractivity (Wildman–Crippen MR) is 127 cm³/mol. The minimum absolute atomic E-state index is 0. The maximum atomic E-state index is 12.8. The van der Waals surface area contributed by atoms with Crippen molar-refractivity contribution in [1.82, 2.24) is 15.2 Å². The van der Waals surface area contributed by atoms with Crippen molar-refractivity contribution in [2.45, 2.75) is 13.8 Å². The van der Waals surface area contributed by atoms with Crippen LogP contribution in [0.2, 0.25) is 0 Å². The van der Waals surface area contributed by atoms with E-state index < -0.39 is 0 Å². The third-order valence-corrected chi connectivity index (χ3v) is 5.37. The van der Waals surface area contributed by atoms with E-state index in [0.717, 1.165) is 45.0 Å². The van der Waals surface area contributed by atoms with Crippen molar-refractivity contribution in [3.63, 3.8) is 0 Å². The second-order valence-electron chi connectivity index (χ2n) is 5.96. The van der Waals surface area contributed by atoms with Gasteiger partial charge in [0.25, 0.3) is 5.91 Å². The standard InChI is InChI=1S/C20H22IN3O.2ClH/c1-3-24(4-2)12-11-22-20(25)18-16(21)10-9-15-13-14-7-5-6-8-17(14)23-19(15)18;;/h5-10,13H,3-4,11-12H2,1-2H3,(H,22,25);2*1H. The molecule has 3 rings (SSSR count). The molecule has 0 aliphatic carbocycles. The number of halogens is 3. The summed E-state index contributed by atoms with van der Waals surface area (Å²) >= 11 is 2.22. The second kappa shape index (κ2) is 11.0. The molecule has 1 amide bonds. The highest BCUT2D eigenvalue weighted by Gasteiger charge is 2.16. The van der Waals surface area contributed by atoms with Gasteiger partial charge in [0.05, 0.1) is 16.6 Å². The number of hydrogen-bond acceptors (Lipinski definition) is 3. The molecule has 0 atom stereocenters. The van der Waals surface area contributed by atoms with Gasteiger partial charge in [-0.2, -0.15) is 0 Å². The Balaban J connectivity index is 0.00000182. The Morgan fingerprint density at radius 3 is 2.48 bits per heavy atom. The van der Waals surface area contributed by atoms with Gasteiger partial charge in [0, 0.05) is 27.4 Å². The van der Waals surface area contributed by atoms with Crippen LogP contribution < -0.4 is 5.32 Å². The number of para-hydroxylation sites is 1. The van der Waals surface area contributed by atoms with Gasteiger partial charge in [-0.05, 0) is 53.9 Å². The van der Waals surface area contributed by atoms with Gasteiger partial charge in [-0.3, -0.25) is 4.79 Å². The number of amides is 1. The van der Waals surface area contributed by atoms with E-state index in [-0.39, 0.29) is 30.7 Å². The molecule has 1 aromatic heterocycles. The molecule has 3 aromatic rings. The molecule has 1 heterocycles. The molecule has 0 aliphatic rings. The maximum Gasteiger partial charge on any atom is 0.254 e. The van der Waals surface area contributed by atoms with Gasteiger partial charge in [0.15, 0.2) is 0 Å². The molecule has 2 aromatic carbocycles. The third kappa shape index (κ3) is 5.44. The van der Waals surface area contributed by atoms with Crippen molar-refractivity contribution in [3.8, 4) is 0 Å². The van der Waals surface area contributed by atoms with Crippen molar-refractivity contribution in [3.05, 3.63) is 51.6 Å². The molecule has 0 aliphatic heterocycles. The lowest BCUT2D eigenvalue weighted by Gasteiger charge is -2.18. The maximum absolute atomic E-state index is 12.8. The fourth-order valence-electron chi connectivity index (χ4n) is 2.99.